The van der Waals surface area contributed by atoms with Crippen molar-refractivity contribution in [2.24, 2.45) is 0 Å². The molecule has 1 aromatic heterocycles. The summed E-state index contributed by atoms with van der Waals surface area (Å²) in [6.45, 7) is 5.72. The molecule has 0 bridgehead atoms. The van der Waals surface area contributed by atoms with Crippen LogP contribution in [0.5, 0.6) is 0 Å². The quantitative estimate of drug-likeness (QED) is 0.568. The standard InChI is InChI=1S/C19H18Cl2N4OS/c1-11-4-7-15(8-5-11)25-13(3)23-24-19(25)27-12(2)18(26)22-17-10-14(20)6-9-16(17)21/h4-10,12H,1-3H3,(H,22,26). The fourth-order valence-electron chi connectivity index (χ4n) is 2.45. The number of hydrogen-bond acceptors (Lipinski definition) is 4. The molecule has 1 amide bonds. The first kappa shape index (κ1) is 19.7. The van der Waals surface area contributed by atoms with Crippen LogP contribution in [0.1, 0.15) is 18.3 Å². The summed E-state index contributed by atoms with van der Waals surface area (Å²) in [6, 6.07) is 13.0. The van der Waals surface area contributed by atoms with Crippen LogP contribution < -0.4 is 5.32 Å². The minimum atomic E-state index is -0.409. The Morgan fingerprint density at radius 2 is 1.81 bits per heavy atom. The molecule has 2 aromatic carbocycles. The molecule has 1 heterocycles. The molecular weight excluding hydrogens is 403 g/mol. The van der Waals surface area contributed by atoms with Gasteiger partial charge in [-0.15, -0.1) is 10.2 Å². The number of aromatic nitrogens is 3. The van der Waals surface area contributed by atoms with E-state index < -0.39 is 5.25 Å². The molecule has 5 nitrogen and oxygen atoms in total. The second kappa shape index (κ2) is 8.33. The topological polar surface area (TPSA) is 59.8 Å². The third kappa shape index (κ3) is 4.64. The van der Waals surface area contributed by atoms with Crippen molar-refractivity contribution in [3.05, 3.63) is 63.9 Å². The van der Waals surface area contributed by atoms with Crippen molar-refractivity contribution in [1.29, 1.82) is 0 Å². The Morgan fingerprint density at radius 3 is 2.52 bits per heavy atom. The molecule has 1 unspecified atom stereocenters. The molecule has 0 aliphatic carbocycles. The van der Waals surface area contributed by atoms with Crippen molar-refractivity contribution in [1.82, 2.24) is 14.8 Å². The van der Waals surface area contributed by atoms with Gasteiger partial charge in [-0.3, -0.25) is 9.36 Å². The molecule has 27 heavy (non-hydrogen) atoms. The van der Waals surface area contributed by atoms with Crippen LogP contribution >= 0.6 is 35.0 Å². The molecule has 0 radical (unpaired) electrons. The Bertz CT molecular complexity index is 972. The number of carbonyl (C=O) groups is 1. The molecule has 8 heteroatoms. The number of aryl methyl sites for hydroxylation is 2. The maximum Gasteiger partial charge on any atom is 0.237 e. The summed E-state index contributed by atoms with van der Waals surface area (Å²) >= 11 is 13.4. The van der Waals surface area contributed by atoms with Crippen molar-refractivity contribution in [2.75, 3.05) is 5.32 Å². The highest BCUT2D eigenvalue weighted by molar-refractivity contribution is 8.00. The number of thioether (sulfide) groups is 1. The Hall–Kier alpha value is -2.02. The van der Waals surface area contributed by atoms with Crippen LogP contribution in [0.4, 0.5) is 5.69 Å². The summed E-state index contributed by atoms with van der Waals surface area (Å²) in [6.07, 6.45) is 0. The van der Waals surface area contributed by atoms with E-state index in [0.717, 1.165) is 11.5 Å². The number of anilines is 1. The van der Waals surface area contributed by atoms with Gasteiger partial charge in [-0.2, -0.15) is 0 Å². The number of amides is 1. The van der Waals surface area contributed by atoms with E-state index in [0.29, 0.717) is 20.9 Å². The van der Waals surface area contributed by atoms with E-state index in [9.17, 15) is 4.79 Å². The number of benzene rings is 2. The van der Waals surface area contributed by atoms with Crippen LogP contribution in [-0.4, -0.2) is 25.9 Å². The molecule has 0 aliphatic heterocycles. The predicted molar refractivity (Wildman–Crippen MR) is 111 cm³/mol. The summed E-state index contributed by atoms with van der Waals surface area (Å²) in [7, 11) is 0. The van der Waals surface area contributed by atoms with Gasteiger partial charge in [-0.1, -0.05) is 52.7 Å². The van der Waals surface area contributed by atoms with Crippen LogP contribution in [0.15, 0.2) is 47.6 Å². The Kier molecular flexibility index (Phi) is 6.09. The van der Waals surface area contributed by atoms with Crippen LogP contribution in [-0.2, 0) is 4.79 Å². The van der Waals surface area contributed by atoms with Crippen LogP contribution in [0.3, 0.4) is 0 Å². The molecule has 3 aromatic rings. The monoisotopic (exact) mass is 420 g/mol. The summed E-state index contributed by atoms with van der Waals surface area (Å²) < 4.78 is 1.93. The average Bonchev–Trinajstić information content (AvgIpc) is 2.99. The normalized spacial score (nSPS) is 12.0. The number of nitrogens with one attached hydrogen (secondary N) is 1. The predicted octanol–water partition coefficient (Wildman–Crippen LogP) is 5.31. The second-order valence-corrected chi connectivity index (χ2v) is 8.23. The average molecular weight is 421 g/mol. The van der Waals surface area contributed by atoms with Crippen molar-refractivity contribution >= 4 is 46.6 Å². The first-order chi connectivity index (χ1) is 12.8. The van der Waals surface area contributed by atoms with Gasteiger partial charge in [0.15, 0.2) is 5.16 Å². The summed E-state index contributed by atoms with van der Waals surface area (Å²) in [5, 5.41) is 12.4. The zero-order valence-corrected chi connectivity index (χ0v) is 17.4. The van der Waals surface area contributed by atoms with E-state index in [4.69, 9.17) is 23.2 Å². The van der Waals surface area contributed by atoms with Gasteiger partial charge in [0, 0.05) is 10.7 Å². The van der Waals surface area contributed by atoms with Crippen molar-refractivity contribution in [3.63, 3.8) is 0 Å². The third-order valence-electron chi connectivity index (χ3n) is 3.93. The third-order valence-corrected chi connectivity index (χ3v) is 5.53. The molecule has 0 saturated heterocycles. The van der Waals surface area contributed by atoms with Crippen molar-refractivity contribution in [2.45, 2.75) is 31.2 Å². The van der Waals surface area contributed by atoms with Gasteiger partial charge in [0.2, 0.25) is 5.91 Å². The molecular formula is C19H18Cl2N4OS. The van der Waals surface area contributed by atoms with Gasteiger partial charge in [0.05, 0.1) is 16.0 Å². The highest BCUT2D eigenvalue weighted by Gasteiger charge is 2.20. The van der Waals surface area contributed by atoms with Gasteiger partial charge in [0.1, 0.15) is 5.82 Å². The van der Waals surface area contributed by atoms with Gasteiger partial charge in [-0.05, 0) is 51.1 Å². The highest BCUT2D eigenvalue weighted by Crippen LogP contribution is 2.29. The first-order valence-corrected chi connectivity index (χ1v) is 9.90. The number of hydrogen-bond donors (Lipinski definition) is 1. The fraction of sp³-hybridized carbons (Fsp3) is 0.211. The van der Waals surface area contributed by atoms with E-state index in [2.05, 4.69) is 15.5 Å². The molecule has 0 saturated carbocycles. The lowest BCUT2D eigenvalue weighted by atomic mass is 10.2. The highest BCUT2D eigenvalue weighted by atomic mass is 35.5. The van der Waals surface area contributed by atoms with Crippen LogP contribution in [0.2, 0.25) is 10.0 Å². The maximum atomic E-state index is 12.6. The van der Waals surface area contributed by atoms with Crippen LogP contribution in [0.25, 0.3) is 5.69 Å². The van der Waals surface area contributed by atoms with E-state index >= 15 is 0 Å². The maximum absolute atomic E-state index is 12.6. The van der Waals surface area contributed by atoms with Gasteiger partial charge in [0.25, 0.3) is 0 Å². The zero-order valence-electron chi connectivity index (χ0n) is 15.0. The van der Waals surface area contributed by atoms with E-state index in [-0.39, 0.29) is 5.91 Å². The van der Waals surface area contributed by atoms with Crippen molar-refractivity contribution in [3.8, 4) is 5.69 Å². The molecule has 0 aliphatic rings. The first-order valence-electron chi connectivity index (χ1n) is 8.27. The Balaban J connectivity index is 1.78. The van der Waals surface area contributed by atoms with Crippen molar-refractivity contribution < 1.29 is 4.79 Å². The number of carbonyl (C=O) groups excluding carboxylic acids is 1. The molecule has 0 spiro atoms. The van der Waals surface area contributed by atoms with E-state index in [1.165, 1.54) is 17.3 Å². The lowest BCUT2D eigenvalue weighted by molar-refractivity contribution is -0.115. The summed E-state index contributed by atoms with van der Waals surface area (Å²) in [5.41, 5.74) is 2.61. The summed E-state index contributed by atoms with van der Waals surface area (Å²) in [5.74, 6) is 0.562. The van der Waals surface area contributed by atoms with Gasteiger partial charge >= 0.3 is 0 Å². The molecule has 0 fully saturated rings. The zero-order chi connectivity index (χ0) is 19.6. The number of rotatable bonds is 5. The lowest BCUT2D eigenvalue weighted by Gasteiger charge is -2.14. The molecule has 140 valence electrons. The smallest absolute Gasteiger partial charge is 0.237 e. The minimum absolute atomic E-state index is 0.194. The van der Waals surface area contributed by atoms with E-state index in [1.54, 1.807) is 18.2 Å². The van der Waals surface area contributed by atoms with Gasteiger partial charge in [-0.25, -0.2) is 0 Å². The Morgan fingerprint density at radius 1 is 1.11 bits per heavy atom. The summed E-state index contributed by atoms with van der Waals surface area (Å²) in [4.78, 5) is 12.6. The number of nitrogens with zero attached hydrogens (tertiary/aromatic N) is 3. The second-order valence-electron chi connectivity index (χ2n) is 6.07. The number of halogens is 2. The largest absolute Gasteiger partial charge is 0.324 e. The Labute approximate surface area is 172 Å². The fourth-order valence-corrected chi connectivity index (χ4v) is 3.70. The SMILES string of the molecule is Cc1ccc(-n2c(C)nnc2SC(C)C(=O)Nc2cc(Cl)ccc2Cl)cc1. The molecule has 1 N–H and O–H groups in total. The lowest BCUT2D eigenvalue weighted by Crippen LogP contribution is -2.23. The van der Waals surface area contributed by atoms with Gasteiger partial charge < -0.3 is 5.32 Å². The molecule has 1 atom stereocenters. The molecule has 3 rings (SSSR count). The van der Waals surface area contributed by atoms with Crippen LogP contribution in [0, 0.1) is 13.8 Å². The van der Waals surface area contributed by atoms with E-state index in [1.807, 2.05) is 49.6 Å². The minimum Gasteiger partial charge on any atom is -0.324 e.